The summed E-state index contributed by atoms with van der Waals surface area (Å²) in [6.45, 7) is 1.40. The van der Waals surface area contributed by atoms with Gasteiger partial charge in [-0.3, -0.25) is 14.5 Å². The molecule has 0 radical (unpaired) electrons. The molecule has 122 valence electrons. The lowest BCUT2D eigenvalue weighted by molar-refractivity contribution is 0.101. The van der Waals surface area contributed by atoms with Crippen molar-refractivity contribution < 1.29 is 13.2 Å². The summed E-state index contributed by atoms with van der Waals surface area (Å²) >= 11 is 6.03. The van der Waals surface area contributed by atoms with Crippen molar-refractivity contribution in [1.82, 2.24) is 4.98 Å². The second-order valence-corrected chi connectivity index (χ2v) is 7.25. The van der Waals surface area contributed by atoms with Gasteiger partial charge in [-0.1, -0.05) is 29.8 Å². The zero-order valence-electron chi connectivity index (χ0n) is 12.7. The zero-order chi connectivity index (χ0) is 17.3. The van der Waals surface area contributed by atoms with Crippen LogP contribution in [-0.4, -0.2) is 19.2 Å². The summed E-state index contributed by atoms with van der Waals surface area (Å²) in [5.41, 5.74) is 1.00. The minimum absolute atomic E-state index is 0.0763. The first-order valence-corrected chi connectivity index (χ1v) is 8.92. The van der Waals surface area contributed by atoms with Gasteiger partial charge in [-0.15, -0.1) is 0 Å². The van der Waals surface area contributed by atoms with Crippen LogP contribution < -0.4 is 4.72 Å². The van der Waals surface area contributed by atoms with Gasteiger partial charge in [0.15, 0.2) is 5.78 Å². The van der Waals surface area contributed by atoms with Crippen LogP contribution in [0.15, 0.2) is 59.6 Å². The lowest BCUT2D eigenvalue weighted by atomic mass is 10.1. The maximum atomic E-state index is 12.7. The Bertz CT molecular complexity index is 1040. The number of ketones is 1. The van der Waals surface area contributed by atoms with E-state index < -0.39 is 10.0 Å². The molecule has 5 nitrogen and oxygen atoms in total. The number of benzene rings is 2. The van der Waals surface area contributed by atoms with Gasteiger partial charge < -0.3 is 0 Å². The van der Waals surface area contributed by atoms with Gasteiger partial charge in [0.05, 0.1) is 16.2 Å². The predicted octanol–water partition coefficient (Wildman–Crippen LogP) is 3.89. The normalized spacial score (nSPS) is 11.4. The molecule has 0 amide bonds. The van der Waals surface area contributed by atoms with E-state index in [1.807, 2.05) is 0 Å². The zero-order valence-corrected chi connectivity index (χ0v) is 14.2. The van der Waals surface area contributed by atoms with Crippen LogP contribution in [0.5, 0.6) is 0 Å². The van der Waals surface area contributed by atoms with E-state index in [1.165, 1.54) is 31.2 Å². The monoisotopic (exact) mass is 360 g/mol. The van der Waals surface area contributed by atoms with Crippen LogP contribution in [-0.2, 0) is 10.0 Å². The Morgan fingerprint density at radius 3 is 2.58 bits per heavy atom. The number of fused-ring (bicyclic) bond motifs is 1. The van der Waals surface area contributed by atoms with Gasteiger partial charge in [0.1, 0.15) is 4.90 Å². The Kier molecular flexibility index (Phi) is 4.26. The van der Waals surface area contributed by atoms with E-state index in [9.17, 15) is 13.2 Å². The van der Waals surface area contributed by atoms with Crippen molar-refractivity contribution in [2.45, 2.75) is 11.8 Å². The molecule has 2 aromatic carbocycles. The predicted molar refractivity (Wildman–Crippen MR) is 94.0 cm³/mol. The van der Waals surface area contributed by atoms with Gasteiger partial charge >= 0.3 is 0 Å². The van der Waals surface area contributed by atoms with E-state index in [0.717, 1.165) is 5.39 Å². The Labute approximate surface area is 144 Å². The minimum Gasteiger partial charge on any atom is -0.294 e. The number of carbonyl (C=O) groups excluding carboxylic acids is 1. The average molecular weight is 361 g/mol. The molecule has 1 N–H and O–H groups in total. The second kappa shape index (κ2) is 6.22. The molecule has 0 bridgehead atoms. The van der Waals surface area contributed by atoms with Crippen molar-refractivity contribution >= 4 is 44.0 Å². The molecule has 0 fully saturated rings. The van der Waals surface area contributed by atoms with Crippen molar-refractivity contribution in [3.8, 4) is 0 Å². The highest BCUT2D eigenvalue weighted by molar-refractivity contribution is 7.93. The Morgan fingerprint density at radius 1 is 1.12 bits per heavy atom. The Morgan fingerprint density at radius 2 is 1.88 bits per heavy atom. The maximum absolute atomic E-state index is 12.7. The first kappa shape index (κ1) is 16.4. The second-order valence-electron chi connectivity index (χ2n) is 5.19. The van der Waals surface area contributed by atoms with Crippen LogP contribution in [0.1, 0.15) is 17.3 Å². The van der Waals surface area contributed by atoms with Gasteiger partial charge in [-0.25, -0.2) is 8.42 Å². The molecular formula is C17H13ClN2O3S. The molecule has 7 heteroatoms. The van der Waals surface area contributed by atoms with Crippen LogP contribution in [0.3, 0.4) is 0 Å². The lowest BCUT2D eigenvalue weighted by Crippen LogP contribution is -2.14. The van der Waals surface area contributed by atoms with Crippen molar-refractivity contribution in [3.05, 3.63) is 65.3 Å². The van der Waals surface area contributed by atoms with Crippen molar-refractivity contribution in [2.24, 2.45) is 0 Å². The van der Waals surface area contributed by atoms with E-state index >= 15 is 0 Å². The largest absolute Gasteiger partial charge is 0.294 e. The van der Waals surface area contributed by atoms with E-state index in [2.05, 4.69) is 9.71 Å². The number of hydrogen-bond acceptors (Lipinski definition) is 4. The fourth-order valence-electron chi connectivity index (χ4n) is 2.37. The summed E-state index contributed by atoms with van der Waals surface area (Å²) in [6.07, 6.45) is 1.54. The molecule has 0 aliphatic rings. The van der Waals surface area contributed by atoms with E-state index in [4.69, 9.17) is 11.6 Å². The molecule has 3 aromatic rings. The Hall–Kier alpha value is -2.44. The number of aromatic nitrogens is 1. The highest BCUT2D eigenvalue weighted by Gasteiger charge is 2.19. The highest BCUT2D eigenvalue weighted by atomic mass is 35.5. The Balaban J connectivity index is 2.02. The van der Waals surface area contributed by atoms with Gasteiger partial charge in [0.25, 0.3) is 10.0 Å². The quantitative estimate of drug-likeness (QED) is 0.716. The van der Waals surface area contributed by atoms with Crippen LogP contribution in [0, 0.1) is 0 Å². The first-order chi connectivity index (χ1) is 11.4. The molecule has 0 spiro atoms. The molecule has 0 atom stereocenters. The highest BCUT2D eigenvalue weighted by Crippen LogP contribution is 2.26. The SMILES string of the molecule is CC(=O)c1ccc(NS(=O)(=O)c2cccc3cccnc23)cc1Cl. The summed E-state index contributed by atoms with van der Waals surface area (Å²) < 4.78 is 27.8. The number of para-hydroxylation sites is 1. The summed E-state index contributed by atoms with van der Waals surface area (Å²) in [7, 11) is -3.85. The molecule has 0 unspecified atom stereocenters. The number of halogens is 1. The van der Waals surface area contributed by atoms with E-state index in [-0.39, 0.29) is 21.4 Å². The van der Waals surface area contributed by atoms with Gasteiger partial charge in [-0.2, -0.15) is 0 Å². The summed E-state index contributed by atoms with van der Waals surface area (Å²) in [5, 5.41) is 0.920. The third-order valence-corrected chi connectivity index (χ3v) is 5.21. The van der Waals surface area contributed by atoms with Crippen LogP contribution in [0.2, 0.25) is 5.02 Å². The topological polar surface area (TPSA) is 76.1 Å². The van der Waals surface area contributed by atoms with Crippen LogP contribution in [0.4, 0.5) is 5.69 Å². The average Bonchev–Trinajstić information content (AvgIpc) is 2.53. The molecule has 0 aliphatic heterocycles. The van der Waals surface area contributed by atoms with Gasteiger partial charge in [0, 0.05) is 17.1 Å². The molecule has 0 saturated heterocycles. The fourth-order valence-corrected chi connectivity index (χ4v) is 3.91. The molecule has 1 aromatic heterocycles. The minimum atomic E-state index is -3.85. The molecular weight excluding hydrogens is 348 g/mol. The number of rotatable bonds is 4. The number of nitrogens with zero attached hydrogens (tertiary/aromatic N) is 1. The van der Waals surface area contributed by atoms with E-state index in [1.54, 1.807) is 30.5 Å². The summed E-state index contributed by atoms with van der Waals surface area (Å²) in [6, 6.07) is 12.9. The standard InChI is InChI=1S/C17H13ClN2O3S/c1-11(21)14-8-7-13(10-15(14)18)20-24(22,23)16-6-2-4-12-5-3-9-19-17(12)16/h2-10,20H,1H3. The third-order valence-electron chi connectivity index (χ3n) is 3.49. The van der Waals surface area contributed by atoms with Gasteiger partial charge in [0.2, 0.25) is 0 Å². The number of nitrogens with one attached hydrogen (secondary N) is 1. The smallest absolute Gasteiger partial charge is 0.264 e. The van der Waals surface area contributed by atoms with Crippen LogP contribution >= 0.6 is 11.6 Å². The summed E-state index contributed by atoms with van der Waals surface area (Å²) in [4.78, 5) is 15.6. The van der Waals surface area contributed by atoms with Crippen molar-refractivity contribution in [2.75, 3.05) is 4.72 Å². The number of Topliss-reactive ketones (excluding diaryl/α,β-unsaturated/α-hetero) is 1. The lowest BCUT2D eigenvalue weighted by Gasteiger charge is -2.11. The molecule has 0 aliphatic carbocycles. The fraction of sp³-hybridized carbons (Fsp3) is 0.0588. The molecule has 0 saturated carbocycles. The number of sulfonamides is 1. The molecule has 3 rings (SSSR count). The number of carbonyl (C=O) groups is 1. The number of anilines is 1. The third kappa shape index (κ3) is 3.11. The van der Waals surface area contributed by atoms with Crippen molar-refractivity contribution in [3.63, 3.8) is 0 Å². The van der Waals surface area contributed by atoms with Crippen LogP contribution in [0.25, 0.3) is 10.9 Å². The molecule has 1 heterocycles. The van der Waals surface area contributed by atoms with Crippen molar-refractivity contribution in [1.29, 1.82) is 0 Å². The number of pyridine rings is 1. The molecule has 24 heavy (non-hydrogen) atoms. The van der Waals surface area contributed by atoms with E-state index in [0.29, 0.717) is 11.1 Å². The first-order valence-electron chi connectivity index (χ1n) is 7.05. The summed E-state index contributed by atoms with van der Waals surface area (Å²) in [5.74, 6) is -0.187. The van der Waals surface area contributed by atoms with Gasteiger partial charge in [-0.05, 0) is 37.3 Å². The number of hydrogen-bond donors (Lipinski definition) is 1. The maximum Gasteiger partial charge on any atom is 0.264 e.